The van der Waals surface area contributed by atoms with Crippen LogP contribution in [-0.2, 0) is 36.3 Å². The second-order valence-corrected chi connectivity index (χ2v) is 11.0. The Morgan fingerprint density at radius 1 is 1.03 bits per heavy atom. The second kappa shape index (κ2) is 9.48. The van der Waals surface area contributed by atoms with Gasteiger partial charge in [0, 0.05) is 30.8 Å². The Morgan fingerprint density at radius 2 is 1.72 bits per heavy atom. The molecule has 0 aliphatic heterocycles. The summed E-state index contributed by atoms with van der Waals surface area (Å²) in [6, 6.07) is 5.78. The molecule has 0 saturated heterocycles. The molecule has 7 heteroatoms. The smallest absolute Gasteiger partial charge is 0.268 e. The molecule has 2 aliphatic carbocycles. The average molecular weight is 458 g/mol. The van der Waals surface area contributed by atoms with Gasteiger partial charge in [-0.05, 0) is 62.1 Å². The molecule has 0 bridgehead atoms. The second-order valence-electron chi connectivity index (χ2n) is 9.12. The third-order valence-corrected chi connectivity index (χ3v) is 9.27. The molecule has 4 rings (SSSR count). The summed E-state index contributed by atoms with van der Waals surface area (Å²) in [5.74, 6) is 0. The van der Waals surface area contributed by atoms with E-state index in [4.69, 9.17) is 0 Å². The highest BCUT2D eigenvalue weighted by molar-refractivity contribution is 7.89. The van der Waals surface area contributed by atoms with Gasteiger partial charge in [0.05, 0.1) is 10.6 Å². The Kier molecular flexibility index (Phi) is 6.86. The number of rotatable bonds is 6. The number of hydrogen-bond acceptors (Lipinski definition) is 4. The van der Waals surface area contributed by atoms with E-state index in [1.165, 1.54) is 11.1 Å². The quantitative estimate of drug-likeness (QED) is 0.651. The van der Waals surface area contributed by atoms with E-state index in [9.17, 15) is 13.2 Å². The highest BCUT2D eigenvalue weighted by Gasteiger charge is 2.33. The molecular weight excluding hydrogens is 422 g/mol. The molecule has 0 radical (unpaired) electrons. The number of sulfonamides is 1. The molecule has 1 heterocycles. The van der Waals surface area contributed by atoms with Crippen LogP contribution in [0.1, 0.15) is 75.5 Å². The Labute approximate surface area is 191 Å². The van der Waals surface area contributed by atoms with Gasteiger partial charge < -0.3 is 0 Å². The van der Waals surface area contributed by atoms with Crippen molar-refractivity contribution in [3.8, 4) is 11.3 Å². The Morgan fingerprint density at radius 3 is 2.38 bits per heavy atom. The lowest BCUT2D eigenvalue weighted by atomic mass is 9.89. The fourth-order valence-electron chi connectivity index (χ4n) is 5.44. The maximum atomic E-state index is 13.9. The predicted octanol–water partition coefficient (Wildman–Crippen LogP) is 4.23. The minimum absolute atomic E-state index is 0.0315. The van der Waals surface area contributed by atoms with Crippen molar-refractivity contribution in [2.45, 2.75) is 89.0 Å². The predicted molar refractivity (Wildman–Crippen MR) is 127 cm³/mol. The Hall–Kier alpha value is -1.99. The minimum Gasteiger partial charge on any atom is -0.268 e. The van der Waals surface area contributed by atoms with Gasteiger partial charge in [-0.1, -0.05) is 45.2 Å². The van der Waals surface area contributed by atoms with Gasteiger partial charge in [-0.3, -0.25) is 4.79 Å². The van der Waals surface area contributed by atoms with Gasteiger partial charge in [-0.25, -0.2) is 13.1 Å². The highest BCUT2D eigenvalue weighted by Crippen LogP contribution is 2.34. The zero-order chi connectivity index (χ0) is 22.9. The largest absolute Gasteiger partial charge is 0.269 e. The summed E-state index contributed by atoms with van der Waals surface area (Å²) >= 11 is 0. The molecular formula is C25H35N3O3S. The number of nitrogens with zero attached hydrogens (tertiary/aromatic N) is 3. The van der Waals surface area contributed by atoms with Gasteiger partial charge in [0.1, 0.15) is 0 Å². The number of benzene rings is 1. The Bertz CT molecular complexity index is 1150. The van der Waals surface area contributed by atoms with Gasteiger partial charge in [0.2, 0.25) is 10.0 Å². The van der Waals surface area contributed by atoms with Crippen LogP contribution in [0.4, 0.5) is 0 Å². The van der Waals surface area contributed by atoms with Crippen LogP contribution in [0, 0.1) is 0 Å². The lowest BCUT2D eigenvalue weighted by Gasteiger charge is -2.33. The molecule has 1 aromatic heterocycles. The zero-order valence-corrected chi connectivity index (χ0v) is 20.4. The molecule has 0 amide bonds. The standard InChI is InChI=1S/C25H35N3O3S/c1-4-18-15-16-19(24-21-13-9-10-14-22(21)25(29)27(3)26-24)17-23(18)32(30,31)28(5-2)20-11-7-6-8-12-20/h15-17,20H,4-14H2,1-3H3. The molecule has 1 saturated carbocycles. The molecule has 0 spiro atoms. The maximum Gasteiger partial charge on any atom is 0.269 e. The monoisotopic (exact) mass is 457 g/mol. The van der Waals surface area contributed by atoms with Crippen molar-refractivity contribution in [1.82, 2.24) is 14.1 Å². The first-order chi connectivity index (χ1) is 15.4. The van der Waals surface area contributed by atoms with Gasteiger partial charge in [-0.2, -0.15) is 9.40 Å². The summed E-state index contributed by atoms with van der Waals surface area (Å²) in [6.07, 6.45) is 9.50. The van der Waals surface area contributed by atoms with E-state index >= 15 is 0 Å². The van der Waals surface area contributed by atoms with Crippen LogP contribution in [-0.4, -0.2) is 35.1 Å². The SMILES string of the molecule is CCc1ccc(-c2nn(C)c(=O)c3c2CCCC3)cc1S(=O)(=O)N(CC)C1CCCCC1. The van der Waals surface area contributed by atoms with Crippen LogP contribution in [0.3, 0.4) is 0 Å². The fraction of sp³-hybridized carbons (Fsp3) is 0.600. The molecule has 0 N–H and O–H groups in total. The summed E-state index contributed by atoms with van der Waals surface area (Å²) < 4.78 is 30.9. The summed E-state index contributed by atoms with van der Waals surface area (Å²) in [5.41, 5.74) is 4.17. The van der Waals surface area contributed by atoms with Crippen molar-refractivity contribution in [2.75, 3.05) is 6.54 Å². The molecule has 0 unspecified atom stereocenters. The van der Waals surface area contributed by atoms with E-state index in [0.717, 1.165) is 79.3 Å². The van der Waals surface area contributed by atoms with Crippen LogP contribution < -0.4 is 5.56 Å². The van der Waals surface area contributed by atoms with Gasteiger partial charge in [0.25, 0.3) is 5.56 Å². The van der Waals surface area contributed by atoms with Crippen LogP contribution in [0.2, 0.25) is 0 Å². The van der Waals surface area contributed by atoms with Crippen LogP contribution >= 0.6 is 0 Å². The molecule has 6 nitrogen and oxygen atoms in total. The number of fused-ring (bicyclic) bond motifs is 1. The molecule has 2 aliphatic rings. The van der Waals surface area contributed by atoms with Crippen molar-refractivity contribution < 1.29 is 8.42 Å². The number of aryl methyl sites for hydroxylation is 2. The summed E-state index contributed by atoms with van der Waals surface area (Å²) in [7, 11) is -1.95. The molecule has 2 aromatic rings. The zero-order valence-electron chi connectivity index (χ0n) is 19.6. The van der Waals surface area contributed by atoms with Crippen LogP contribution in [0.5, 0.6) is 0 Å². The number of hydrogen-bond donors (Lipinski definition) is 0. The molecule has 0 atom stereocenters. The van der Waals surface area contributed by atoms with Gasteiger partial charge in [0.15, 0.2) is 0 Å². The van der Waals surface area contributed by atoms with Crippen molar-refractivity contribution in [3.05, 3.63) is 45.2 Å². The Balaban J connectivity index is 1.84. The molecule has 32 heavy (non-hydrogen) atoms. The van der Waals surface area contributed by atoms with Gasteiger partial charge >= 0.3 is 0 Å². The number of aromatic nitrogens is 2. The summed E-state index contributed by atoms with van der Waals surface area (Å²) in [5, 5.41) is 4.59. The van der Waals surface area contributed by atoms with Crippen LogP contribution in [0.15, 0.2) is 27.9 Å². The van der Waals surface area contributed by atoms with Gasteiger partial charge in [-0.15, -0.1) is 0 Å². The lowest BCUT2D eigenvalue weighted by Crippen LogP contribution is -2.41. The van der Waals surface area contributed by atoms with Crippen molar-refractivity contribution in [3.63, 3.8) is 0 Å². The van der Waals surface area contributed by atoms with Crippen molar-refractivity contribution in [1.29, 1.82) is 0 Å². The molecule has 174 valence electrons. The summed E-state index contributed by atoms with van der Waals surface area (Å²) in [4.78, 5) is 13.0. The van der Waals surface area contributed by atoms with Crippen molar-refractivity contribution >= 4 is 10.0 Å². The normalized spacial score (nSPS) is 17.5. The average Bonchev–Trinajstić information content (AvgIpc) is 2.82. The lowest BCUT2D eigenvalue weighted by molar-refractivity contribution is 0.261. The highest BCUT2D eigenvalue weighted by atomic mass is 32.2. The van der Waals surface area contributed by atoms with E-state index in [1.807, 2.05) is 26.0 Å². The first kappa shape index (κ1) is 23.2. The molecule has 1 fully saturated rings. The minimum atomic E-state index is -3.63. The van der Waals surface area contributed by atoms with E-state index in [1.54, 1.807) is 17.4 Å². The van der Waals surface area contributed by atoms with E-state index in [0.29, 0.717) is 17.9 Å². The first-order valence-corrected chi connectivity index (χ1v) is 13.6. The van der Waals surface area contributed by atoms with E-state index in [2.05, 4.69) is 5.10 Å². The van der Waals surface area contributed by atoms with Crippen molar-refractivity contribution in [2.24, 2.45) is 7.05 Å². The summed E-state index contributed by atoms with van der Waals surface area (Å²) in [6.45, 7) is 4.41. The van der Waals surface area contributed by atoms with E-state index < -0.39 is 10.0 Å². The molecule has 1 aromatic carbocycles. The topological polar surface area (TPSA) is 72.3 Å². The third kappa shape index (κ3) is 4.17. The fourth-order valence-corrected chi connectivity index (χ4v) is 7.46. The third-order valence-electron chi connectivity index (χ3n) is 7.16. The van der Waals surface area contributed by atoms with Crippen LogP contribution in [0.25, 0.3) is 11.3 Å². The first-order valence-electron chi connectivity index (χ1n) is 12.1. The van der Waals surface area contributed by atoms with E-state index in [-0.39, 0.29) is 11.6 Å². The maximum absolute atomic E-state index is 13.9.